The van der Waals surface area contributed by atoms with Crippen LogP contribution in [0.2, 0.25) is 0 Å². The second kappa shape index (κ2) is 5.56. The van der Waals surface area contributed by atoms with E-state index in [1.54, 1.807) is 12.1 Å². The summed E-state index contributed by atoms with van der Waals surface area (Å²) in [6.45, 7) is 0.319. The van der Waals surface area contributed by atoms with Crippen LogP contribution >= 0.6 is 0 Å². The molecule has 0 bridgehead atoms. The maximum atomic E-state index is 11.7. The summed E-state index contributed by atoms with van der Waals surface area (Å²) >= 11 is 0. The van der Waals surface area contributed by atoms with E-state index in [9.17, 15) is 13.2 Å². The standard InChI is InChI=1S/C12H16N2O4S/c1-18-12(15)9-4-5-13-11(7-9)14-8-10-3-2-6-19(10,16)17/h4-5,7,10H,2-3,6,8H2,1H3,(H,13,14). The Bertz CT molecular complexity index is 571. The van der Waals surface area contributed by atoms with Crippen LogP contribution in [0.1, 0.15) is 23.2 Å². The molecule has 1 aliphatic heterocycles. The highest BCUT2D eigenvalue weighted by Gasteiger charge is 2.30. The smallest absolute Gasteiger partial charge is 0.338 e. The maximum absolute atomic E-state index is 11.7. The minimum absolute atomic E-state index is 0.259. The van der Waals surface area contributed by atoms with Gasteiger partial charge >= 0.3 is 5.97 Å². The van der Waals surface area contributed by atoms with E-state index in [0.29, 0.717) is 30.8 Å². The highest BCUT2D eigenvalue weighted by atomic mass is 32.2. The third-order valence-electron chi connectivity index (χ3n) is 3.15. The van der Waals surface area contributed by atoms with Crippen molar-refractivity contribution in [2.24, 2.45) is 0 Å². The summed E-state index contributed by atoms with van der Waals surface area (Å²) in [5.74, 6) is 0.290. The van der Waals surface area contributed by atoms with Gasteiger partial charge < -0.3 is 10.1 Å². The highest BCUT2D eigenvalue weighted by Crippen LogP contribution is 2.20. The Kier molecular flexibility index (Phi) is 4.04. The fraction of sp³-hybridized carbons (Fsp3) is 0.500. The van der Waals surface area contributed by atoms with Crippen LogP contribution in [0.4, 0.5) is 5.82 Å². The van der Waals surface area contributed by atoms with E-state index >= 15 is 0 Å². The molecule has 1 aromatic rings. The first-order chi connectivity index (χ1) is 9.03. The maximum Gasteiger partial charge on any atom is 0.338 e. The van der Waals surface area contributed by atoms with Gasteiger partial charge in [-0.2, -0.15) is 0 Å². The number of carbonyl (C=O) groups is 1. The van der Waals surface area contributed by atoms with Gasteiger partial charge in [-0.1, -0.05) is 0 Å². The molecule has 1 N–H and O–H groups in total. The lowest BCUT2D eigenvalue weighted by molar-refractivity contribution is 0.0600. The van der Waals surface area contributed by atoms with E-state index in [4.69, 9.17) is 0 Å². The minimum atomic E-state index is -2.97. The second-order valence-electron chi connectivity index (χ2n) is 4.43. The Labute approximate surface area is 112 Å². The molecule has 19 heavy (non-hydrogen) atoms. The largest absolute Gasteiger partial charge is 0.465 e. The van der Waals surface area contributed by atoms with Gasteiger partial charge in [0.15, 0.2) is 9.84 Å². The first-order valence-corrected chi connectivity index (χ1v) is 7.74. The molecule has 104 valence electrons. The van der Waals surface area contributed by atoms with Gasteiger partial charge in [0.1, 0.15) is 5.82 Å². The monoisotopic (exact) mass is 284 g/mol. The number of carbonyl (C=O) groups excluding carboxylic acids is 1. The van der Waals surface area contributed by atoms with Crippen molar-refractivity contribution in [1.29, 1.82) is 0 Å². The van der Waals surface area contributed by atoms with E-state index in [1.165, 1.54) is 13.3 Å². The molecule has 0 radical (unpaired) electrons. The number of nitrogens with zero attached hydrogens (tertiary/aromatic N) is 1. The van der Waals surface area contributed by atoms with Gasteiger partial charge in [-0.05, 0) is 25.0 Å². The van der Waals surface area contributed by atoms with Crippen LogP contribution in [0.15, 0.2) is 18.3 Å². The number of methoxy groups -OCH3 is 1. The van der Waals surface area contributed by atoms with Gasteiger partial charge in [0.25, 0.3) is 0 Å². The van der Waals surface area contributed by atoms with Crippen LogP contribution < -0.4 is 5.32 Å². The molecule has 2 heterocycles. The fourth-order valence-electron chi connectivity index (χ4n) is 2.08. The number of nitrogens with one attached hydrogen (secondary N) is 1. The molecule has 1 unspecified atom stereocenters. The Morgan fingerprint density at radius 1 is 1.58 bits per heavy atom. The molecule has 0 aliphatic carbocycles. The van der Waals surface area contributed by atoms with Gasteiger partial charge in [-0.15, -0.1) is 0 Å². The molecular formula is C12H16N2O4S. The van der Waals surface area contributed by atoms with Crippen molar-refractivity contribution >= 4 is 21.6 Å². The van der Waals surface area contributed by atoms with Crippen LogP contribution in [0.3, 0.4) is 0 Å². The van der Waals surface area contributed by atoms with Crippen LogP contribution in [0.25, 0.3) is 0 Å². The van der Waals surface area contributed by atoms with E-state index in [2.05, 4.69) is 15.0 Å². The molecule has 7 heteroatoms. The number of ether oxygens (including phenoxy) is 1. The predicted octanol–water partition coefficient (Wildman–Crippen LogP) is 0.857. The van der Waals surface area contributed by atoms with Crippen LogP contribution in [-0.2, 0) is 14.6 Å². The molecule has 0 amide bonds. The van der Waals surface area contributed by atoms with Gasteiger partial charge in [-0.3, -0.25) is 0 Å². The SMILES string of the molecule is COC(=O)c1ccnc(NCC2CCCS2(=O)=O)c1. The average molecular weight is 284 g/mol. The van der Waals surface area contributed by atoms with E-state index in [-0.39, 0.29) is 11.0 Å². The Morgan fingerprint density at radius 2 is 2.37 bits per heavy atom. The summed E-state index contributed by atoms with van der Waals surface area (Å²) < 4.78 is 28.0. The zero-order chi connectivity index (χ0) is 13.9. The third kappa shape index (κ3) is 3.23. The van der Waals surface area contributed by atoms with Crippen molar-refractivity contribution in [2.75, 3.05) is 24.7 Å². The van der Waals surface area contributed by atoms with E-state index in [1.807, 2.05) is 0 Å². The lowest BCUT2D eigenvalue weighted by Gasteiger charge is -2.11. The molecule has 1 fully saturated rings. The van der Waals surface area contributed by atoms with Gasteiger partial charge in [0.2, 0.25) is 0 Å². The zero-order valence-electron chi connectivity index (χ0n) is 10.6. The van der Waals surface area contributed by atoms with Crippen molar-refractivity contribution < 1.29 is 17.9 Å². The zero-order valence-corrected chi connectivity index (χ0v) is 11.4. The van der Waals surface area contributed by atoms with Crippen LogP contribution in [0.5, 0.6) is 0 Å². The first-order valence-electron chi connectivity index (χ1n) is 6.03. The molecular weight excluding hydrogens is 268 g/mol. The molecule has 2 rings (SSSR count). The van der Waals surface area contributed by atoms with Crippen LogP contribution in [-0.4, -0.2) is 44.0 Å². The predicted molar refractivity (Wildman–Crippen MR) is 70.9 cm³/mol. The topological polar surface area (TPSA) is 85.4 Å². The van der Waals surface area contributed by atoms with E-state index < -0.39 is 15.8 Å². The van der Waals surface area contributed by atoms with Crippen molar-refractivity contribution in [1.82, 2.24) is 4.98 Å². The lowest BCUT2D eigenvalue weighted by atomic mass is 10.2. The van der Waals surface area contributed by atoms with Crippen molar-refractivity contribution in [3.8, 4) is 0 Å². The number of hydrogen-bond acceptors (Lipinski definition) is 6. The molecule has 0 saturated carbocycles. The molecule has 0 aromatic carbocycles. The fourth-order valence-corrected chi connectivity index (χ4v) is 3.84. The van der Waals surface area contributed by atoms with Crippen LogP contribution in [0, 0.1) is 0 Å². The van der Waals surface area contributed by atoms with Gasteiger partial charge in [-0.25, -0.2) is 18.2 Å². The van der Waals surface area contributed by atoms with Crippen molar-refractivity contribution in [3.05, 3.63) is 23.9 Å². The molecule has 6 nitrogen and oxygen atoms in total. The lowest BCUT2D eigenvalue weighted by Crippen LogP contribution is -2.25. The number of hydrogen-bond donors (Lipinski definition) is 1. The summed E-state index contributed by atoms with van der Waals surface area (Å²) in [7, 11) is -1.66. The summed E-state index contributed by atoms with van der Waals surface area (Å²) in [6, 6.07) is 3.09. The molecule has 1 aliphatic rings. The number of rotatable bonds is 4. The number of esters is 1. The summed E-state index contributed by atoms with van der Waals surface area (Å²) in [6.07, 6.45) is 2.87. The normalized spacial score (nSPS) is 21.0. The number of anilines is 1. The molecule has 0 spiro atoms. The highest BCUT2D eigenvalue weighted by molar-refractivity contribution is 7.92. The number of aromatic nitrogens is 1. The van der Waals surface area contributed by atoms with Gasteiger partial charge in [0, 0.05) is 12.7 Å². The third-order valence-corrected chi connectivity index (χ3v) is 5.43. The molecule has 1 saturated heterocycles. The summed E-state index contributed by atoms with van der Waals surface area (Å²) in [5, 5.41) is 2.60. The van der Waals surface area contributed by atoms with Gasteiger partial charge in [0.05, 0.1) is 23.7 Å². The quantitative estimate of drug-likeness (QED) is 0.825. The summed E-state index contributed by atoms with van der Waals surface area (Å²) in [5.41, 5.74) is 0.384. The van der Waals surface area contributed by atoms with Crippen molar-refractivity contribution in [2.45, 2.75) is 18.1 Å². The second-order valence-corrected chi connectivity index (χ2v) is 6.83. The Morgan fingerprint density at radius 3 is 3.00 bits per heavy atom. The number of sulfone groups is 1. The number of pyridine rings is 1. The molecule has 1 atom stereocenters. The first kappa shape index (κ1) is 13.8. The average Bonchev–Trinajstić information content (AvgIpc) is 2.74. The van der Waals surface area contributed by atoms with E-state index in [0.717, 1.165) is 0 Å². The Balaban J connectivity index is 2.02. The minimum Gasteiger partial charge on any atom is -0.465 e. The van der Waals surface area contributed by atoms with Crippen molar-refractivity contribution in [3.63, 3.8) is 0 Å². The molecule has 1 aromatic heterocycles. The summed E-state index contributed by atoms with van der Waals surface area (Å²) in [4.78, 5) is 15.4. The Hall–Kier alpha value is -1.63.